The Morgan fingerprint density at radius 1 is 1.00 bits per heavy atom. The number of alkyl halides is 1. The van der Waals surface area contributed by atoms with E-state index in [1.165, 1.54) is 0 Å². The van der Waals surface area contributed by atoms with Gasteiger partial charge in [0, 0.05) is 38.2 Å². The quantitative estimate of drug-likeness (QED) is 0.163. The number of β-amino-alcohol motifs (C(OH)–C–C–N with tert-alkyl or cyclic N) is 1. The molecule has 0 aliphatic carbocycles. The number of rotatable bonds is 15. The second-order valence-corrected chi connectivity index (χ2v) is 7.09. The zero-order valence-electron chi connectivity index (χ0n) is 17.4. The first-order valence-corrected chi connectivity index (χ1v) is 10.1. The molecule has 31 heavy (non-hydrogen) atoms. The monoisotopic (exact) mass is 442 g/mol. The molecule has 14 heteroatoms. The van der Waals surface area contributed by atoms with Crippen molar-refractivity contribution in [2.24, 2.45) is 0 Å². The van der Waals surface area contributed by atoms with Gasteiger partial charge in [-0.25, -0.2) is 4.68 Å². The summed E-state index contributed by atoms with van der Waals surface area (Å²) in [6.07, 6.45) is 6.01. The standard InChI is InChI=1S/C17H31FN10O3/c18-2-1-7-31-14-28-13-17(21-24-28)10-25(8-15-11-26(3-5-29)22-19-15)9-16-12-27(4-6-30)23-20-16/h11-13,19,21-22,24,29-30H,1-10,14H2. The van der Waals surface area contributed by atoms with Crippen molar-refractivity contribution in [2.75, 3.05) is 52.9 Å². The fraction of sp³-hybridized carbons (Fsp3) is 0.647. The SMILES string of the molecule is OCCN1C=C(CN(CC2=CN(COCCCF)NN2)Cc2cn(CCO)nn2)NN1. The van der Waals surface area contributed by atoms with Gasteiger partial charge in [-0.1, -0.05) is 5.21 Å². The Hall–Kier alpha value is -2.49. The van der Waals surface area contributed by atoms with E-state index in [-0.39, 0.29) is 19.9 Å². The number of ether oxygens (including phenoxy) is 1. The lowest BCUT2D eigenvalue weighted by Gasteiger charge is -2.21. The number of nitrogens with zero attached hydrogens (tertiary/aromatic N) is 6. The van der Waals surface area contributed by atoms with E-state index in [2.05, 4.69) is 37.1 Å². The minimum atomic E-state index is -0.390. The van der Waals surface area contributed by atoms with Gasteiger partial charge in [0.25, 0.3) is 0 Å². The van der Waals surface area contributed by atoms with Crippen LogP contribution in [-0.2, 0) is 17.8 Å². The molecule has 6 N–H and O–H groups in total. The summed E-state index contributed by atoms with van der Waals surface area (Å²) in [6, 6.07) is 0. The normalized spacial score (nSPS) is 16.0. The molecule has 3 rings (SSSR count). The van der Waals surface area contributed by atoms with Crippen LogP contribution in [0, 0.1) is 0 Å². The van der Waals surface area contributed by atoms with E-state index < -0.39 is 0 Å². The number of aromatic nitrogens is 3. The van der Waals surface area contributed by atoms with Gasteiger partial charge in [0.05, 0.1) is 56.7 Å². The molecule has 0 unspecified atom stereocenters. The summed E-state index contributed by atoms with van der Waals surface area (Å²) in [7, 11) is 0. The summed E-state index contributed by atoms with van der Waals surface area (Å²) in [5.41, 5.74) is 14.8. The molecular formula is C17H31FN10O3. The Kier molecular flexibility index (Phi) is 9.26. The molecule has 0 saturated heterocycles. The zero-order valence-corrected chi connectivity index (χ0v) is 17.4. The van der Waals surface area contributed by atoms with Crippen molar-refractivity contribution in [3.63, 3.8) is 0 Å². The second kappa shape index (κ2) is 12.4. The largest absolute Gasteiger partial charge is 0.394 e. The summed E-state index contributed by atoms with van der Waals surface area (Å²) in [6.45, 7) is 2.91. The van der Waals surface area contributed by atoms with Crippen molar-refractivity contribution < 1.29 is 19.3 Å². The number of aliphatic hydroxyl groups is 2. The number of halogens is 1. The van der Waals surface area contributed by atoms with E-state index >= 15 is 0 Å². The van der Waals surface area contributed by atoms with Crippen LogP contribution < -0.4 is 21.9 Å². The van der Waals surface area contributed by atoms with Gasteiger partial charge in [-0.2, -0.15) is 0 Å². The average molecular weight is 443 g/mol. The summed E-state index contributed by atoms with van der Waals surface area (Å²) in [5.74, 6) is 0. The van der Waals surface area contributed by atoms with Crippen LogP contribution >= 0.6 is 0 Å². The van der Waals surface area contributed by atoms with Gasteiger partial charge >= 0.3 is 0 Å². The fourth-order valence-electron chi connectivity index (χ4n) is 3.07. The lowest BCUT2D eigenvalue weighted by Crippen LogP contribution is -2.41. The zero-order chi connectivity index (χ0) is 21.9. The summed E-state index contributed by atoms with van der Waals surface area (Å²) < 4.78 is 19.2. The molecule has 0 spiro atoms. The molecule has 0 saturated carbocycles. The topological polar surface area (TPSA) is 138 Å². The van der Waals surface area contributed by atoms with E-state index in [1.807, 2.05) is 18.6 Å². The molecule has 2 aliphatic rings. The van der Waals surface area contributed by atoms with Crippen molar-refractivity contribution >= 4 is 0 Å². The van der Waals surface area contributed by atoms with Crippen molar-refractivity contribution in [3.8, 4) is 0 Å². The molecule has 0 amide bonds. The summed E-state index contributed by atoms with van der Waals surface area (Å²) >= 11 is 0. The van der Waals surface area contributed by atoms with Gasteiger partial charge in [-0.05, 0) is 6.42 Å². The van der Waals surface area contributed by atoms with Crippen LogP contribution in [-0.4, -0.2) is 93.0 Å². The lowest BCUT2D eigenvalue weighted by molar-refractivity contribution is 0.0268. The molecule has 1 aromatic rings. The molecule has 0 aromatic carbocycles. The minimum absolute atomic E-state index is 0.00138. The van der Waals surface area contributed by atoms with Gasteiger partial charge in [0.2, 0.25) is 0 Å². The second-order valence-electron chi connectivity index (χ2n) is 7.09. The Labute approximate surface area is 180 Å². The highest BCUT2D eigenvalue weighted by atomic mass is 19.1. The third-order valence-electron chi connectivity index (χ3n) is 4.43. The molecule has 174 valence electrons. The van der Waals surface area contributed by atoms with Gasteiger partial charge in [-0.15, -0.1) is 16.2 Å². The van der Waals surface area contributed by atoms with Gasteiger partial charge in [0.15, 0.2) is 0 Å². The van der Waals surface area contributed by atoms with Gasteiger partial charge in [-0.3, -0.25) is 19.3 Å². The predicted molar refractivity (Wildman–Crippen MR) is 108 cm³/mol. The van der Waals surface area contributed by atoms with E-state index in [9.17, 15) is 4.39 Å². The number of hydrazine groups is 4. The fourth-order valence-corrected chi connectivity index (χ4v) is 3.07. The van der Waals surface area contributed by atoms with Gasteiger partial charge < -0.3 is 25.8 Å². The lowest BCUT2D eigenvalue weighted by atomic mass is 10.3. The Morgan fingerprint density at radius 2 is 1.71 bits per heavy atom. The van der Waals surface area contributed by atoms with Crippen LogP contribution in [0.2, 0.25) is 0 Å². The van der Waals surface area contributed by atoms with Gasteiger partial charge in [0.1, 0.15) is 6.73 Å². The minimum Gasteiger partial charge on any atom is -0.394 e. The number of aliphatic hydroxyl groups excluding tert-OH is 2. The number of hydrogen-bond donors (Lipinski definition) is 6. The van der Waals surface area contributed by atoms with Crippen LogP contribution in [0.25, 0.3) is 0 Å². The van der Waals surface area contributed by atoms with Crippen LogP contribution in [0.1, 0.15) is 12.1 Å². The van der Waals surface area contributed by atoms with Crippen molar-refractivity contribution in [1.29, 1.82) is 0 Å². The maximum absolute atomic E-state index is 12.2. The van der Waals surface area contributed by atoms with Crippen LogP contribution in [0.4, 0.5) is 4.39 Å². The third kappa shape index (κ3) is 7.61. The van der Waals surface area contributed by atoms with E-state index in [4.69, 9.17) is 14.9 Å². The molecule has 0 fully saturated rings. The number of nitrogens with one attached hydrogen (secondary N) is 4. The first kappa shape index (κ1) is 23.2. The van der Waals surface area contributed by atoms with Crippen molar-refractivity contribution in [3.05, 3.63) is 35.7 Å². The molecule has 0 atom stereocenters. The van der Waals surface area contributed by atoms with Crippen LogP contribution in [0.15, 0.2) is 30.0 Å². The number of hydrogen-bond acceptors (Lipinski definition) is 12. The Balaban J connectivity index is 1.59. The Bertz CT molecular complexity index is 731. The highest BCUT2D eigenvalue weighted by Crippen LogP contribution is 2.10. The molecule has 13 nitrogen and oxygen atoms in total. The highest BCUT2D eigenvalue weighted by Gasteiger charge is 2.19. The summed E-state index contributed by atoms with van der Waals surface area (Å²) in [5, 5.41) is 29.9. The molecule has 0 radical (unpaired) electrons. The van der Waals surface area contributed by atoms with E-state index in [0.29, 0.717) is 52.5 Å². The van der Waals surface area contributed by atoms with E-state index in [1.54, 1.807) is 14.7 Å². The van der Waals surface area contributed by atoms with Crippen LogP contribution in [0.3, 0.4) is 0 Å². The Morgan fingerprint density at radius 3 is 2.42 bits per heavy atom. The van der Waals surface area contributed by atoms with Crippen LogP contribution in [0.5, 0.6) is 0 Å². The first-order chi connectivity index (χ1) is 15.2. The summed E-state index contributed by atoms with van der Waals surface area (Å²) in [4.78, 5) is 2.16. The predicted octanol–water partition coefficient (Wildman–Crippen LogP) is -2.27. The van der Waals surface area contributed by atoms with E-state index in [0.717, 1.165) is 17.1 Å². The molecule has 3 heterocycles. The maximum Gasteiger partial charge on any atom is 0.134 e. The first-order valence-electron chi connectivity index (χ1n) is 10.1. The van der Waals surface area contributed by atoms with Crippen molar-refractivity contribution in [1.82, 2.24) is 51.8 Å². The third-order valence-corrected chi connectivity index (χ3v) is 4.43. The molecule has 0 bridgehead atoms. The molecule has 1 aromatic heterocycles. The molecule has 2 aliphatic heterocycles. The highest BCUT2D eigenvalue weighted by molar-refractivity contribution is 5.09. The maximum atomic E-state index is 12.2. The smallest absolute Gasteiger partial charge is 0.134 e. The molecular weight excluding hydrogens is 411 g/mol. The average Bonchev–Trinajstić information content (AvgIpc) is 3.49. The van der Waals surface area contributed by atoms with Crippen molar-refractivity contribution in [2.45, 2.75) is 19.5 Å².